The van der Waals surface area contributed by atoms with E-state index in [4.69, 9.17) is 10.9 Å². The smallest absolute Gasteiger partial charge is 0.320 e. The Bertz CT molecular complexity index is 325. The predicted octanol–water partition coefficient (Wildman–Crippen LogP) is 1.54. The lowest BCUT2D eigenvalue weighted by Gasteiger charge is -2.35. The number of nitrogens with two attached hydrogens (primary N) is 1. The molecular weight excluding hydrogens is 244 g/mol. The lowest BCUT2D eigenvalue weighted by molar-refractivity contribution is 0.134. The Morgan fingerprint density at radius 3 is 2.58 bits per heavy atom. The SMILES string of the molecule is CCN(CC(C)C(N)=NO)C(=O)N1CCC(C)CC1. The topological polar surface area (TPSA) is 82.2 Å². The zero-order valence-electron chi connectivity index (χ0n) is 12.2. The number of carbonyl (C=O) groups is 1. The molecular formula is C13H26N4O2. The fraction of sp³-hybridized carbons (Fsp3) is 0.846. The Morgan fingerprint density at radius 2 is 2.11 bits per heavy atom. The van der Waals surface area contributed by atoms with Gasteiger partial charge in [-0.2, -0.15) is 0 Å². The summed E-state index contributed by atoms with van der Waals surface area (Å²) in [4.78, 5) is 16.1. The Hall–Kier alpha value is -1.46. The molecule has 110 valence electrons. The van der Waals surface area contributed by atoms with Crippen LogP contribution in [-0.4, -0.2) is 53.1 Å². The summed E-state index contributed by atoms with van der Waals surface area (Å²) in [5.74, 6) is 0.728. The monoisotopic (exact) mass is 270 g/mol. The molecule has 2 amide bonds. The fourth-order valence-corrected chi connectivity index (χ4v) is 2.26. The van der Waals surface area contributed by atoms with Gasteiger partial charge in [0, 0.05) is 32.1 Å². The van der Waals surface area contributed by atoms with Gasteiger partial charge < -0.3 is 20.7 Å². The summed E-state index contributed by atoms with van der Waals surface area (Å²) >= 11 is 0. The van der Waals surface area contributed by atoms with Gasteiger partial charge in [-0.25, -0.2) is 4.79 Å². The van der Waals surface area contributed by atoms with E-state index in [0.29, 0.717) is 19.0 Å². The summed E-state index contributed by atoms with van der Waals surface area (Å²) in [6, 6.07) is 0.0620. The molecule has 1 aliphatic rings. The van der Waals surface area contributed by atoms with Gasteiger partial charge in [-0.05, 0) is 25.7 Å². The summed E-state index contributed by atoms with van der Waals surface area (Å²) in [6.07, 6.45) is 2.14. The first-order valence-corrected chi connectivity index (χ1v) is 7.00. The number of urea groups is 1. The number of hydrogen-bond acceptors (Lipinski definition) is 3. The van der Waals surface area contributed by atoms with Crippen LogP contribution in [0.3, 0.4) is 0 Å². The Kier molecular flexibility index (Phi) is 5.92. The molecule has 19 heavy (non-hydrogen) atoms. The summed E-state index contributed by atoms with van der Waals surface area (Å²) in [5.41, 5.74) is 5.56. The van der Waals surface area contributed by atoms with Gasteiger partial charge in [0.05, 0.1) is 0 Å². The van der Waals surface area contributed by atoms with Crippen LogP contribution in [-0.2, 0) is 0 Å². The minimum atomic E-state index is -0.141. The molecule has 0 aliphatic carbocycles. The number of nitrogens with zero attached hydrogens (tertiary/aromatic N) is 3. The van der Waals surface area contributed by atoms with Crippen molar-refractivity contribution in [3.8, 4) is 0 Å². The molecule has 1 heterocycles. The van der Waals surface area contributed by atoms with Gasteiger partial charge in [0.2, 0.25) is 0 Å². The Morgan fingerprint density at radius 1 is 1.53 bits per heavy atom. The first-order chi connectivity index (χ1) is 8.99. The van der Waals surface area contributed by atoms with Crippen molar-refractivity contribution >= 4 is 11.9 Å². The maximum atomic E-state index is 12.4. The van der Waals surface area contributed by atoms with Crippen molar-refractivity contribution in [1.82, 2.24) is 9.80 Å². The maximum Gasteiger partial charge on any atom is 0.320 e. The molecule has 0 spiro atoms. The highest BCUT2D eigenvalue weighted by Gasteiger charge is 2.25. The van der Waals surface area contributed by atoms with Crippen LogP contribution in [0.25, 0.3) is 0 Å². The van der Waals surface area contributed by atoms with E-state index in [1.807, 2.05) is 18.7 Å². The molecule has 0 radical (unpaired) electrons. The van der Waals surface area contributed by atoms with Crippen LogP contribution in [0.1, 0.15) is 33.6 Å². The van der Waals surface area contributed by atoms with Crippen molar-refractivity contribution in [2.75, 3.05) is 26.2 Å². The molecule has 0 aromatic heterocycles. The van der Waals surface area contributed by atoms with Crippen molar-refractivity contribution in [2.45, 2.75) is 33.6 Å². The number of piperidine rings is 1. The van der Waals surface area contributed by atoms with Crippen molar-refractivity contribution in [3.63, 3.8) is 0 Å². The number of amides is 2. The van der Waals surface area contributed by atoms with E-state index < -0.39 is 0 Å². The molecule has 3 N–H and O–H groups in total. The van der Waals surface area contributed by atoms with Crippen LogP contribution < -0.4 is 5.73 Å². The number of amidine groups is 1. The van der Waals surface area contributed by atoms with Crippen LogP contribution in [0.15, 0.2) is 5.16 Å². The predicted molar refractivity (Wildman–Crippen MR) is 75.2 cm³/mol. The third kappa shape index (κ3) is 4.29. The minimum absolute atomic E-state index is 0.0620. The van der Waals surface area contributed by atoms with Gasteiger partial charge >= 0.3 is 6.03 Å². The summed E-state index contributed by atoms with van der Waals surface area (Å²) in [6.45, 7) is 8.79. The van der Waals surface area contributed by atoms with Crippen LogP contribution in [0.4, 0.5) is 4.79 Å². The van der Waals surface area contributed by atoms with Crippen LogP contribution in [0, 0.1) is 11.8 Å². The van der Waals surface area contributed by atoms with E-state index in [9.17, 15) is 4.79 Å². The van der Waals surface area contributed by atoms with Gasteiger partial charge in [0.15, 0.2) is 0 Å². The number of oxime groups is 1. The number of hydrogen-bond donors (Lipinski definition) is 2. The molecule has 0 saturated carbocycles. The second-order valence-electron chi connectivity index (χ2n) is 5.42. The first kappa shape index (κ1) is 15.6. The van der Waals surface area contributed by atoms with E-state index in [2.05, 4.69) is 12.1 Å². The number of likely N-dealkylation sites (tertiary alicyclic amines) is 1. The molecule has 1 unspecified atom stereocenters. The lowest BCUT2D eigenvalue weighted by atomic mass is 9.99. The molecule has 1 saturated heterocycles. The van der Waals surface area contributed by atoms with Gasteiger partial charge in [-0.1, -0.05) is 19.0 Å². The lowest BCUT2D eigenvalue weighted by Crippen LogP contribution is -2.48. The summed E-state index contributed by atoms with van der Waals surface area (Å²) in [7, 11) is 0. The third-order valence-corrected chi connectivity index (χ3v) is 3.82. The van der Waals surface area contributed by atoms with E-state index in [-0.39, 0.29) is 17.8 Å². The largest absolute Gasteiger partial charge is 0.409 e. The van der Waals surface area contributed by atoms with E-state index in [1.165, 1.54) is 0 Å². The third-order valence-electron chi connectivity index (χ3n) is 3.82. The first-order valence-electron chi connectivity index (χ1n) is 7.00. The van der Waals surface area contributed by atoms with Crippen molar-refractivity contribution in [2.24, 2.45) is 22.7 Å². The molecule has 0 aromatic carbocycles. The van der Waals surface area contributed by atoms with Gasteiger partial charge in [-0.15, -0.1) is 0 Å². The average Bonchev–Trinajstić information content (AvgIpc) is 2.43. The quantitative estimate of drug-likeness (QED) is 0.352. The molecule has 6 nitrogen and oxygen atoms in total. The fourth-order valence-electron chi connectivity index (χ4n) is 2.26. The van der Waals surface area contributed by atoms with Gasteiger partial charge in [-0.3, -0.25) is 0 Å². The highest BCUT2D eigenvalue weighted by atomic mass is 16.4. The van der Waals surface area contributed by atoms with E-state index in [0.717, 1.165) is 25.9 Å². The standard InChI is InChI=1S/C13H26N4O2/c1-4-16(9-11(3)12(14)15-19)13(18)17-7-5-10(2)6-8-17/h10-11,19H,4-9H2,1-3H3,(H2,14,15). The molecule has 0 bridgehead atoms. The average molecular weight is 270 g/mol. The second kappa shape index (κ2) is 7.21. The zero-order valence-corrected chi connectivity index (χ0v) is 12.2. The van der Waals surface area contributed by atoms with Gasteiger partial charge in [0.25, 0.3) is 0 Å². The normalized spacial score (nSPS) is 19.3. The van der Waals surface area contributed by atoms with E-state index >= 15 is 0 Å². The summed E-state index contributed by atoms with van der Waals surface area (Å²) in [5, 5.41) is 11.7. The van der Waals surface area contributed by atoms with Crippen LogP contribution in [0.2, 0.25) is 0 Å². The molecule has 1 fully saturated rings. The summed E-state index contributed by atoms with van der Waals surface area (Å²) < 4.78 is 0. The molecule has 1 aliphatic heterocycles. The van der Waals surface area contributed by atoms with Gasteiger partial charge in [0.1, 0.15) is 5.84 Å². The molecule has 1 rings (SSSR count). The number of rotatable bonds is 4. The van der Waals surface area contributed by atoms with Crippen LogP contribution in [0.5, 0.6) is 0 Å². The van der Waals surface area contributed by atoms with Crippen LogP contribution >= 0.6 is 0 Å². The molecule has 6 heteroatoms. The highest BCUT2D eigenvalue weighted by Crippen LogP contribution is 2.17. The minimum Gasteiger partial charge on any atom is -0.409 e. The number of carbonyl (C=O) groups excluding carboxylic acids is 1. The zero-order chi connectivity index (χ0) is 14.4. The maximum absolute atomic E-state index is 12.4. The van der Waals surface area contributed by atoms with E-state index in [1.54, 1.807) is 4.90 Å². The second-order valence-corrected chi connectivity index (χ2v) is 5.42. The van der Waals surface area contributed by atoms with Crippen molar-refractivity contribution < 1.29 is 10.0 Å². The van der Waals surface area contributed by atoms with Crippen molar-refractivity contribution in [1.29, 1.82) is 0 Å². The van der Waals surface area contributed by atoms with Crippen molar-refractivity contribution in [3.05, 3.63) is 0 Å². The molecule has 0 aromatic rings. The Balaban J connectivity index is 2.56. The Labute approximate surface area is 115 Å². The molecule has 1 atom stereocenters. The highest BCUT2D eigenvalue weighted by molar-refractivity contribution is 5.83.